The highest BCUT2D eigenvalue weighted by Gasteiger charge is 2.44. The minimum absolute atomic E-state index is 0.0468. The van der Waals surface area contributed by atoms with Crippen molar-refractivity contribution in [2.75, 3.05) is 68.8 Å². The van der Waals surface area contributed by atoms with Crippen LogP contribution in [0, 0.1) is 23.6 Å². The number of aliphatic hydroxyl groups is 1. The number of halogens is 1. The molecule has 2 bridgehead atoms. The number of anilines is 2. The van der Waals surface area contributed by atoms with Crippen LogP contribution < -0.4 is 25.2 Å². The number of hydrogen-bond acceptors (Lipinski definition) is 15. The summed E-state index contributed by atoms with van der Waals surface area (Å²) in [4.78, 5) is 51.2. The van der Waals surface area contributed by atoms with E-state index in [2.05, 4.69) is 42.5 Å². The highest BCUT2D eigenvalue weighted by molar-refractivity contribution is 6.02. The van der Waals surface area contributed by atoms with Gasteiger partial charge in [0.1, 0.15) is 41.3 Å². The molecule has 4 unspecified atom stereocenters. The van der Waals surface area contributed by atoms with Crippen molar-refractivity contribution in [2.45, 2.75) is 122 Å². The van der Waals surface area contributed by atoms with Crippen LogP contribution in [0.15, 0.2) is 83.6 Å². The van der Waals surface area contributed by atoms with Gasteiger partial charge in [0.15, 0.2) is 17.4 Å². The van der Waals surface area contributed by atoms with Crippen LogP contribution in [0.4, 0.5) is 16.0 Å². The number of hydrogen-bond donors (Lipinski definition) is 4. The Kier molecular flexibility index (Phi) is 15.9. The lowest BCUT2D eigenvalue weighted by atomic mass is 9.83. The number of rotatable bonds is 17. The number of piperazine rings is 1. The minimum atomic E-state index is -0.817. The molecular weight excluding hydrogens is 1040 g/mol. The molecular formula is C63H77FN12O6. The topological polar surface area (TPSA) is 203 Å². The average Bonchev–Trinajstić information content (AvgIpc) is 3.28. The second-order valence-corrected chi connectivity index (χ2v) is 24.1. The fourth-order valence-electron chi connectivity index (χ4n) is 13.8. The zero-order valence-corrected chi connectivity index (χ0v) is 47.8. The normalized spacial score (nSPS) is 21.7. The number of amides is 2. The van der Waals surface area contributed by atoms with Crippen molar-refractivity contribution in [1.82, 2.24) is 50.3 Å². The summed E-state index contributed by atoms with van der Waals surface area (Å²) < 4.78 is 31.3. The molecule has 0 radical (unpaired) electrons. The molecule has 19 heteroatoms. The van der Waals surface area contributed by atoms with Crippen LogP contribution in [-0.4, -0.2) is 145 Å². The molecule has 9 heterocycles. The number of aromatic hydroxyl groups is 1. The van der Waals surface area contributed by atoms with Crippen LogP contribution in [0.25, 0.3) is 44.2 Å². The van der Waals surface area contributed by atoms with Gasteiger partial charge in [-0.25, -0.2) is 4.39 Å². The molecule has 4 aromatic heterocycles. The predicted molar refractivity (Wildman–Crippen MR) is 313 cm³/mol. The molecule has 5 fully saturated rings. The first kappa shape index (κ1) is 55.3. The van der Waals surface area contributed by atoms with E-state index in [1.807, 2.05) is 87.1 Å². The van der Waals surface area contributed by atoms with E-state index in [-0.39, 0.29) is 59.7 Å². The lowest BCUT2D eigenvalue weighted by Crippen LogP contribution is -2.51. The Hall–Kier alpha value is -7.22. The summed E-state index contributed by atoms with van der Waals surface area (Å²) in [5.74, 6) is 1.20. The minimum Gasteiger partial charge on any atom is -0.508 e. The number of β-amino-alcohol motifs (C(OH)–C–C–N with tert-alkyl or cyclic N) is 1. The fourth-order valence-corrected chi connectivity index (χ4v) is 13.8. The van der Waals surface area contributed by atoms with Crippen molar-refractivity contribution < 1.29 is 33.5 Å². The second kappa shape index (κ2) is 23.6. The van der Waals surface area contributed by atoms with Crippen molar-refractivity contribution in [2.24, 2.45) is 24.8 Å². The summed E-state index contributed by atoms with van der Waals surface area (Å²) in [6.45, 7) is 14.2. The van der Waals surface area contributed by atoms with Gasteiger partial charge in [0.25, 0.3) is 0 Å². The zero-order valence-electron chi connectivity index (χ0n) is 47.8. The molecule has 3 aromatic carbocycles. The molecule has 432 valence electrons. The third kappa shape index (κ3) is 11.3. The van der Waals surface area contributed by atoms with Gasteiger partial charge in [-0.05, 0) is 135 Å². The van der Waals surface area contributed by atoms with Gasteiger partial charge < -0.3 is 44.8 Å². The smallest absolute Gasteiger partial charge is 0.319 e. The van der Waals surface area contributed by atoms with E-state index in [0.717, 1.165) is 123 Å². The van der Waals surface area contributed by atoms with Gasteiger partial charge in [-0.15, -0.1) is 0 Å². The highest BCUT2D eigenvalue weighted by Crippen LogP contribution is 2.40. The molecule has 0 spiro atoms. The van der Waals surface area contributed by atoms with Gasteiger partial charge in [-0.1, -0.05) is 68.4 Å². The van der Waals surface area contributed by atoms with Gasteiger partial charge in [0, 0.05) is 88.8 Å². The Morgan fingerprint density at radius 2 is 1.65 bits per heavy atom. The van der Waals surface area contributed by atoms with Gasteiger partial charge in [-0.3, -0.25) is 24.2 Å². The Morgan fingerprint density at radius 3 is 2.35 bits per heavy atom. The summed E-state index contributed by atoms with van der Waals surface area (Å²) >= 11 is 0. The van der Waals surface area contributed by atoms with Crippen LogP contribution in [0.2, 0.25) is 0 Å². The number of aliphatic hydroxyl groups excluding tert-OH is 1. The van der Waals surface area contributed by atoms with E-state index in [4.69, 9.17) is 24.2 Å². The van der Waals surface area contributed by atoms with Crippen LogP contribution >= 0.6 is 0 Å². The van der Waals surface area contributed by atoms with Crippen molar-refractivity contribution in [3.05, 3.63) is 102 Å². The van der Waals surface area contributed by atoms with Gasteiger partial charge in [0.05, 0.1) is 23.2 Å². The Balaban J connectivity index is 0.634. The summed E-state index contributed by atoms with van der Waals surface area (Å²) in [7, 11) is 1.90. The number of likely N-dealkylation sites (tertiary alicyclic amines) is 2. The zero-order chi connectivity index (χ0) is 56.8. The first-order chi connectivity index (χ1) is 39.7. The van der Waals surface area contributed by atoms with E-state index in [9.17, 15) is 19.8 Å². The molecule has 0 aliphatic carbocycles. The molecule has 12 rings (SSSR count). The maximum absolute atomic E-state index is 17.1. The van der Waals surface area contributed by atoms with Crippen molar-refractivity contribution in [3.63, 3.8) is 0 Å². The first-order valence-electron chi connectivity index (χ1n) is 29.8. The van der Waals surface area contributed by atoms with E-state index < -0.39 is 23.9 Å². The van der Waals surface area contributed by atoms with Crippen LogP contribution in [0.3, 0.4) is 0 Å². The molecule has 5 aliphatic heterocycles. The van der Waals surface area contributed by atoms with Crippen molar-refractivity contribution in [1.29, 1.82) is 0 Å². The number of aryl methyl sites for hydroxylation is 2. The number of ether oxygens (including phenoxy) is 1. The third-order valence-corrected chi connectivity index (χ3v) is 18.3. The van der Waals surface area contributed by atoms with Gasteiger partial charge >= 0.3 is 6.01 Å². The number of pyridine rings is 1. The second-order valence-electron chi connectivity index (χ2n) is 24.1. The van der Waals surface area contributed by atoms with E-state index in [0.29, 0.717) is 59.6 Å². The number of nitrogens with zero attached hydrogens (tertiary/aromatic N) is 10. The molecule has 5 saturated heterocycles. The Bertz CT molecular complexity index is 3410. The number of nitrogens with one attached hydrogen (secondary N) is 2. The number of aromatic nitrogens is 6. The van der Waals surface area contributed by atoms with Crippen LogP contribution in [0.5, 0.6) is 11.8 Å². The predicted octanol–water partition coefficient (Wildman–Crippen LogP) is 8.56. The Morgan fingerprint density at radius 1 is 0.902 bits per heavy atom. The fraction of sp³-hybridized carbons (Fsp3) is 0.508. The number of phenolic OH excluding ortho intramolecular Hbond substituents is 1. The maximum Gasteiger partial charge on any atom is 0.319 e. The molecule has 4 N–H and O–H groups in total. The Labute approximate surface area is 478 Å². The number of fused-ring (bicyclic) bond motifs is 4. The van der Waals surface area contributed by atoms with Gasteiger partial charge in [-0.2, -0.15) is 15.1 Å². The van der Waals surface area contributed by atoms with E-state index in [1.165, 1.54) is 11.3 Å². The molecule has 2 amide bonds. The van der Waals surface area contributed by atoms with Crippen molar-refractivity contribution in [3.8, 4) is 34.3 Å². The summed E-state index contributed by atoms with van der Waals surface area (Å²) in [6, 6.07) is 20.8. The van der Waals surface area contributed by atoms with E-state index in [1.54, 1.807) is 24.5 Å². The molecule has 6 atom stereocenters. The largest absolute Gasteiger partial charge is 0.508 e. The van der Waals surface area contributed by atoms with Crippen molar-refractivity contribution >= 4 is 45.1 Å². The quantitative estimate of drug-likeness (QED) is 0.0675. The molecule has 82 heavy (non-hydrogen) atoms. The number of carbonyl (C=O) groups is 2. The maximum atomic E-state index is 17.1. The molecule has 7 aromatic rings. The molecule has 18 nitrogen and oxygen atoms in total. The van der Waals surface area contributed by atoms with Gasteiger partial charge in [0.2, 0.25) is 11.8 Å². The lowest BCUT2D eigenvalue weighted by Gasteiger charge is -2.36. The summed E-state index contributed by atoms with van der Waals surface area (Å²) in [5, 5.41) is 39.4. The lowest BCUT2D eigenvalue weighted by molar-refractivity contribution is -0.141. The first-order valence-corrected chi connectivity index (χ1v) is 29.8. The summed E-state index contributed by atoms with van der Waals surface area (Å²) in [6.07, 6.45) is 11.2. The number of carbonyl (C=O) groups excluding carboxylic acids is 2. The SMILES string of the molecule is CCc1cccc2cc(O)cc(-c3ncc4c(N5CC6CCC(C5)N6)nc(OCCN5CCC(CC6CCN(c7cc(C(C(=O)N8C[C@H](O)C[C@H]8C(=O)NC(C)c8ccc(-c9ccnn9C)cc8)C(C)C)on7)CC6)CC5)nc4c3F)c12. The summed E-state index contributed by atoms with van der Waals surface area (Å²) in [5.41, 5.74) is 4.81. The number of piperidine rings is 2. The highest BCUT2D eigenvalue weighted by atomic mass is 19.1. The average molecular weight is 1120 g/mol. The van der Waals surface area contributed by atoms with Crippen LogP contribution in [-0.2, 0) is 23.1 Å². The standard InChI is InChI=1S/C63H77FN12O6/c1-6-41-8-7-9-44-29-47(77)30-49(56(41)44)58-57(64)59-50(33-65-58)60(75-34-45-14-15-46(35-75)68-45)70-63(69-59)81-27-26-73-22-17-39(18-23-73)28-40-19-24-74(25-20-40)54-32-53(82-71-54)55(37(2)3)62(80)76-36-48(78)31-52(76)61(79)67-38(4)42-10-12-43(13-11-42)51-16-21-66-72(51)5/h7-13,16,21,29-30,32-33,37-40,45-46,48,52,55,68,77-78H,6,14-15,17-20,22-28,31,34-36H2,1-5H3,(H,67,79)/t38?,45?,46?,48-,52+,55?/m1/s1. The monoisotopic (exact) mass is 1120 g/mol. The number of phenols is 1. The third-order valence-electron chi connectivity index (χ3n) is 18.3. The molecule has 0 saturated carbocycles. The molecule has 5 aliphatic rings. The number of benzene rings is 3. The van der Waals surface area contributed by atoms with E-state index >= 15 is 4.39 Å². The van der Waals surface area contributed by atoms with Crippen LogP contribution in [0.1, 0.15) is 108 Å².